The maximum Gasteiger partial charge on any atom is 0.248 e. The number of primary amides is 1. The van der Waals surface area contributed by atoms with Gasteiger partial charge in [0.1, 0.15) is 84.0 Å². The molecule has 11 bridgehead atoms. The third-order valence-electron chi connectivity index (χ3n) is 25.5. The number of fused-ring (bicyclic) bond motifs is 15. The van der Waals surface area contributed by atoms with Crippen molar-refractivity contribution in [3.05, 3.63) is 187 Å². The van der Waals surface area contributed by atoms with Crippen LogP contribution in [0.15, 0.2) is 133 Å². The number of amides is 8. The SMILES string of the molecule is CN[C@H](CC(C)C)C(=O)N[C@H]1C(=O)N[C@@H](CC(N)=O)C(=O)N[C@H]2C(=O)N[C@H]3C(=O)N[C@H](C(=O)N[C@H](C(=O)NCCCNCCCCNCCCN)c4cc(O)ccc4-c4cc3ccc4C(O)O)[C@H](O[C@H]3C[C@](C)(N)[C@@H](O)[C@H](C)O3)c3ccc(c(Cl)c3)Oc3cc2cc(c3O[C@@H]2O[C@H](CO)[C@@H](O)[C@H](O)[C@H]2O[C@H]2C[C@](C)(NCc3ccc(-c4ccc(Cl)cc4)cc3)[C@@H](O)[C@H](C)O2)Oc2ccc(cc2Cl)[C@H]1O. The van der Waals surface area contributed by atoms with Gasteiger partial charge in [-0.15, -0.1) is 0 Å². The Hall–Kier alpha value is -10.4. The van der Waals surface area contributed by atoms with E-state index >= 15 is 28.8 Å². The normalized spacial score (nSPS) is 28.0. The summed E-state index contributed by atoms with van der Waals surface area (Å²) in [6.45, 7) is 12.4. The summed E-state index contributed by atoms with van der Waals surface area (Å²) in [5.74, 6) is -12.8. The molecule has 7 aromatic rings. The van der Waals surface area contributed by atoms with E-state index in [1.54, 1.807) is 26.0 Å². The first-order valence-electron chi connectivity index (χ1n) is 46.2. The molecule has 8 aliphatic rings. The molecule has 22 atom stereocenters. The lowest BCUT2D eigenvalue weighted by atomic mass is 9.84. The molecule has 752 valence electrons. The number of hydrogen-bond acceptors (Lipinski definition) is 31. The molecule has 7 aromatic carbocycles. The number of phenolic OH excluding ortho intramolecular Hbond substituents is 1. The number of unbranched alkanes of at least 4 members (excludes halogenated alkanes) is 1. The molecule has 3 saturated heterocycles. The van der Waals surface area contributed by atoms with Gasteiger partial charge in [-0.2, -0.15) is 0 Å². The summed E-state index contributed by atoms with van der Waals surface area (Å²) < 4.78 is 53.7. The quantitative estimate of drug-likeness (QED) is 0.0211. The summed E-state index contributed by atoms with van der Waals surface area (Å²) in [6, 6.07) is 18.0. The van der Waals surface area contributed by atoms with Gasteiger partial charge >= 0.3 is 0 Å². The van der Waals surface area contributed by atoms with Crippen LogP contribution in [0.1, 0.15) is 168 Å². The van der Waals surface area contributed by atoms with E-state index in [9.17, 15) is 55.5 Å². The Labute approximate surface area is 817 Å². The van der Waals surface area contributed by atoms with Crippen molar-refractivity contribution in [3.8, 4) is 56.8 Å². The molecule has 0 aliphatic carbocycles. The highest BCUT2D eigenvalue weighted by atomic mass is 35.5. The number of hydrogen-bond donors (Lipinski definition) is 23. The van der Waals surface area contributed by atoms with Gasteiger partial charge in [-0.05, 0) is 228 Å². The van der Waals surface area contributed by atoms with E-state index < -0.39 is 233 Å². The fraction of sp³-hybridized carbons (Fsp3) is 0.485. The van der Waals surface area contributed by atoms with E-state index in [1.165, 1.54) is 81.6 Å². The molecule has 0 aromatic heterocycles. The maximum absolute atomic E-state index is 16.9. The monoisotopic (exact) mass is 1990 g/mol. The second-order valence-corrected chi connectivity index (χ2v) is 37.9. The van der Waals surface area contributed by atoms with Gasteiger partial charge in [0.05, 0.1) is 53.5 Å². The predicted octanol–water partition coefficient (Wildman–Crippen LogP) is 3.80. The van der Waals surface area contributed by atoms with Crippen molar-refractivity contribution in [2.24, 2.45) is 23.1 Å². The number of aliphatic hydroxyl groups excluding tert-OH is 7. The molecule has 0 saturated carbocycles. The van der Waals surface area contributed by atoms with Crippen molar-refractivity contribution in [2.45, 2.75) is 239 Å². The molecule has 26 N–H and O–H groups in total. The first-order valence-corrected chi connectivity index (χ1v) is 47.3. The minimum atomic E-state index is -2.38. The van der Waals surface area contributed by atoms with Gasteiger partial charge in [0.25, 0.3) is 0 Å². The number of likely N-dealkylation sites (N-methyl/N-ethyl adjacent to an activating group) is 1. The van der Waals surface area contributed by atoms with Gasteiger partial charge in [0, 0.05) is 47.6 Å². The summed E-state index contributed by atoms with van der Waals surface area (Å²) in [6.07, 6.45) is -22.3. The largest absolute Gasteiger partial charge is 0.508 e. The van der Waals surface area contributed by atoms with Crippen LogP contribution in [0.4, 0.5) is 0 Å². The van der Waals surface area contributed by atoms with Crippen molar-refractivity contribution >= 4 is 82.1 Å². The Kier molecular flexibility index (Phi) is 35.8. The van der Waals surface area contributed by atoms with Gasteiger partial charge < -0.3 is 160 Å². The van der Waals surface area contributed by atoms with Gasteiger partial charge in [-0.25, -0.2) is 0 Å². The minimum absolute atomic E-state index is 0.00790. The number of aromatic hydroxyl groups is 1. The summed E-state index contributed by atoms with van der Waals surface area (Å²) in [5.41, 5.74) is 16.6. The van der Waals surface area contributed by atoms with Crippen LogP contribution in [-0.4, -0.2) is 249 Å². The van der Waals surface area contributed by atoms with Crippen molar-refractivity contribution in [1.82, 2.24) is 58.5 Å². The fourth-order valence-electron chi connectivity index (χ4n) is 17.8. The highest BCUT2D eigenvalue weighted by Gasteiger charge is 2.53. The summed E-state index contributed by atoms with van der Waals surface area (Å²) in [5, 5.41) is 138. The lowest BCUT2D eigenvalue weighted by molar-refractivity contribution is -0.334. The minimum Gasteiger partial charge on any atom is -0.508 e. The number of phenols is 1. The van der Waals surface area contributed by atoms with Crippen molar-refractivity contribution in [1.29, 1.82) is 0 Å². The lowest BCUT2D eigenvalue weighted by Gasteiger charge is -2.48. The average molecular weight is 1990 g/mol. The summed E-state index contributed by atoms with van der Waals surface area (Å²) in [7, 11) is 1.49. The molecule has 0 unspecified atom stereocenters. The van der Waals surface area contributed by atoms with Crippen LogP contribution in [0.5, 0.6) is 34.5 Å². The van der Waals surface area contributed by atoms with Gasteiger partial charge in [-0.3, -0.25) is 38.4 Å². The number of halogens is 3. The molecular formula is C97H123Cl3N14O25. The van der Waals surface area contributed by atoms with Crippen LogP contribution in [0.25, 0.3) is 22.3 Å². The van der Waals surface area contributed by atoms with Crippen LogP contribution in [0, 0.1) is 5.92 Å². The number of rotatable bonds is 32. The lowest BCUT2D eigenvalue weighted by Crippen LogP contribution is -2.65. The Morgan fingerprint density at radius 3 is 1.83 bits per heavy atom. The number of benzene rings is 7. The Bertz CT molecular complexity index is 5520. The zero-order valence-corrected chi connectivity index (χ0v) is 79.9. The van der Waals surface area contributed by atoms with E-state index in [1.807, 2.05) is 50.2 Å². The highest BCUT2D eigenvalue weighted by Crippen LogP contribution is 2.50. The molecule has 3 fully saturated rings. The van der Waals surface area contributed by atoms with Gasteiger partial charge in [0.2, 0.25) is 59.3 Å². The molecule has 8 aliphatic heterocycles. The highest BCUT2D eigenvalue weighted by molar-refractivity contribution is 6.32. The molecule has 139 heavy (non-hydrogen) atoms. The van der Waals surface area contributed by atoms with Crippen LogP contribution < -0.4 is 89.9 Å². The Balaban J connectivity index is 0.996. The molecule has 0 radical (unpaired) electrons. The first-order chi connectivity index (χ1) is 66.2. The first kappa shape index (κ1) is 106. The Morgan fingerprint density at radius 2 is 1.21 bits per heavy atom. The second-order valence-electron chi connectivity index (χ2n) is 36.7. The summed E-state index contributed by atoms with van der Waals surface area (Å²) >= 11 is 21.1. The van der Waals surface area contributed by atoms with Crippen molar-refractivity contribution < 1.29 is 122 Å². The van der Waals surface area contributed by atoms with E-state index in [2.05, 4.69) is 58.5 Å². The molecule has 15 rings (SSSR count). The fourth-order valence-corrected chi connectivity index (χ4v) is 18.4. The third-order valence-corrected chi connectivity index (χ3v) is 26.4. The summed E-state index contributed by atoms with van der Waals surface area (Å²) in [4.78, 5) is 125. The number of carbonyl (C=O) groups excluding carboxylic acids is 8. The smallest absolute Gasteiger partial charge is 0.248 e. The zero-order valence-electron chi connectivity index (χ0n) is 77.6. The second kappa shape index (κ2) is 47.0. The van der Waals surface area contributed by atoms with E-state index in [-0.39, 0.29) is 93.7 Å². The molecule has 42 heteroatoms. The van der Waals surface area contributed by atoms with Crippen LogP contribution in [-0.2, 0) is 68.6 Å². The maximum atomic E-state index is 16.9. The number of nitrogens with one attached hydrogen (secondary N) is 11. The Morgan fingerprint density at radius 1 is 0.612 bits per heavy atom. The van der Waals surface area contributed by atoms with Crippen molar-refractivity contribution in [2.75, 3.05) is 52.9 Å². The van der Waals surface area contributed by atoms with Gasteiger partial charge in [-0.1, -0.05) is 115 Å². The average Bonchev–Trinajstić information content (AvgIpc) is 0.756. The number of ether oxygens (including phenoxy) is 8. The standard InChI is InChI=1S/C97H123Cl3N14O25/c1-46(2)34-64(104-7)87(123)113-77-79(118)53-19-26-66(62(99)36-53)134-68-38-55-39-69(83(68)139-95-84(81(120)80(119)70(45-115)136-95)138-73-43-97(6,86(122)48(4)133-73)108-44-49-12-14-50(15-13-49)51-16-21-56(98)22-17-51)135-67-27-20-54(37-63(67)100)82(137-72-42-96(5,103)85(121)47(3)132-72)78-93(129)112-76(89(125)107-33-11-32-106-30-9-8-29-105-31-10-28-101)61-40-57(116)23-25-58(61)60-35-52(18-24-59(60)94(130)131)74(90(126)114-78)111-91(127)75(55)110-88(124)65(41-71(102)117)109-92(77)128/h12-27,35-40,46-48,64-65,70,72-82,84-86,94-95,104-106,108,115-116,118-122,130-131H,8-11,28-34,41-45,101,103H2,1-7H3,(H2,102,117)(H,107,125)(H,109,128)(H,110,124)(H,111,127)(H,112,129)(H,113,123)(H,114,126)/t47-,48-,64+,65-,70+,72-,73-,74+,75+,76-,77+,78-,79+,80+,81-,82+,84+,85-,86-,95-,96-,97-/m0/s1. The van der Waals surface area contributed by atoms with Crippen LogP contribution in [0.3, 0.4) is 0 Å². The van der Waals surface area contributed by atoms with Crippen LogP contribution >= 0.6 is 34.8 Å². The zero-order chi connectivity index (χ0) is 100. The third kappa shape index (κ3) is 25.8. The molecule has 0 spiro atoms. The van der Waals surface area contributed by atoms with E-state index in [0.29, 0.717) is 31.1 Å². The molecule has 39 nitrogen and oxygen atoms in total. The van der Waals surface area contributed by atoms with E-state index in [4.69, 9.17) is 89.9 Å². The molecule has 8 amide bonds. The molecular weight excluding hydrogens is 1870 g/mol. The number of aliphatic hydroxyl groups is 8. The topological polar surface area (TPSA) is 603 Å². The van der Waals surface area contributed by atoms with Crippen LogP contribution in [0.2, 0.25) is 15.1 Å². The van der Waals surface area contributed by atoms with Gasteiger partial charge in [0.15, 0.2) is 36.5 Å². The van der Waals surface area contributed by atoms with E-state index in [0.717, 1.165) is 73.3 Å². The van der Waals surface area contributed by atoms with Crippen molar-refractivity contribution in [3.63, 3.8) is 0 Å². The number of carbonyl (C=O) groups is 8. The number of nitrogens with two attached hydrogens (primary N) is 3. The molecule has 8 heterocycles. The predicted molar refractivity (Wildman–Crippen MR) is 508 cm³/mol.